The summed E-state index contributed by atoms with van der Waals surface area (Å²) in [6.45, 7) is 4.45. The number of ether oxygens (including phenoxy) is 1. The quantitative estimate of drug-likeness (QED) is 0.524. The summed E-state index contributed by atoms with van der Waals surface area (Å²) in [5, 5.41) is 0.889. The van der Waals surface area contributed by atoms with Crippen molar-refractivity contribution in [3.63, 3.8) is 0 Å². The van der Waals surface area contributed by atoms with E-state index in [2.05, 4.69) is 22.9 Å². The van der Waals surface area contributed by atoms with Crippen LogP contribution in [0.5, 0.6) is 0 Å². The molecule has 0 aromatic rings. The summed E-state index contributed by atoms with van der Waals surface area (Å²) in [6, 6.07) is 0. The molecule has 0 fully saturated rings. The normalized spacial score (nSPS) is 12.6. The monoisotopic (exact) mass is 236 g/mol. The molecule has 0 rings (SSSR count). The highest BCUT2D eigenvalue weighted by molar-refractivity contribution is 9.09. The van der Waals surface area contributed by atoms with Crippen molar-refractivity contribution in [1.29, 1.82) is 0 Å². The van der Waals surface area contributed by atoms with Crippen molar-refractivity contribution in [3.8, 4) is 0 Å². The number of hydrogen-bond acceptors (Lipinski definition) is 2. The van der Waals surface area contributed by atoms with Gasteiger partial charge in [-0.1, -0.05) is 29.3 Å². The molecule has 0 aliphatic heterocycles. The Balaban J connectivity index is 3.61. The van der Waals surface area contributed by atoms with E-state index in [1.54, 1.807) is 0 Å². The molecule has 0 saturated carbocycles. The Bertz CT molecular complexity index is 126. The van der Waals surface area contributed by atoms with Crippen LogP contribution >= 0.6 is 15.9 Å². The molecule has 0 aromatic carbocycles. The largest absolute Gasteiger partial charge is 0.466 e. The molecule has 0 aliphatic carbocycles. The Morgan fingerprint density at radius 2 is 2.17 bits per heavy atom. The number of carbonyl (C=O) groups is 1. The van der Waals surface area contributed by atoms with Gasteiger partial charge in [-0.05, 0) is 19.3 Å². The zero-order chi connectivity index (χ0) is 9.40. The highest BCUT2D eigenvalue weighted by atomic mass is 79.9. The zero-order valence-electron chi connectivity index (χ0n) is 7.81. The number of esters is 1. The minimum Gasteiger partial charge on any atom is -0.466 e. The summed E-state index contributed by atoms with van der Waals surface area (Å²) in [7, 11) is 0. The van der Waals surface area contributed by atoms with E-state index in [4.69, 9.17) is 4.74 Å². The van der Waals surface area contributed by atoms with Gasteiger partial charge in [0, 0.05) is 11.8 Å². The first-order valence-electron chi connectivity index (χ1n) is 4.46. The molecule has 0 aromatic heterocycles. The standard InChI is InChI=1S/C9H17BrO2/c1-3-5-8(7-10)6-9(11)12-4-2/h8H,3-7H2,1-2H3. The fraction of sp³-hybridized carbons (Fsp3) is 0.889. The first-order chi connectivity index (χ1) is 5.74. The second-order valence-corrected chi connectivity index (χ2v) is 3.47. The van der Waals surface area contributed by atoms with Crippen molar-refractivity contribution in [2.75, 3.05) is 11.9 Å². The van der Waals surface area contributed by atoms with E-state index < -0.39 is 0 Å². The van der Waals surface area contributed by atoms with Gasteiger partial charge in [0.25, 0.3) is 0 Å². The highest BCUT2D eigenvalue weighted by Gasteiger charge is 2.11. The van der Waals surface area contributed by atoms with Gasteiger partial charge in [0.1, 0.15) is 0 Å². The lowest BCUT2D eigenvalue weighted by Crippen LogP contribution is -2.12. The molecule has 3 heteroatoms. The maximum Gasteiger partial charge on any atom is 0.306 e. The van der Waals surface area contributed by atoms with Crippen LogP contribution in [-0.4, -0.2) is 17.9 Å². The molecule has 2 nitrogen and oxygen atoms in total. The van der Waals surface area contributed by atoms with Crippen molar-refractivity contribution in [2.45, 2.75) is 33.1 Å². The number of carbonyl (C=O) groups excluding carboxylic acids is 1. The van der Waals surface area contributed by atoms with Crippen LogP contribution in [0.2, 0.25) is 0 Å². The third kappa shape index (κ3) is 5.58. The molecule has 0 saturated heterocycles. The van der Waals surface area contributed by atoms with E-state index >= 15 is 0 Å². The van der Waals surface area contributed by atoms with E-state index in [0.29, 0.717) is 18.9 Å². The predicted molar refractivity (Wildman–Crippen MR) is 53.4 cm³/mol. The van der Waals surface area contributed by atoms with E-state index in [0.717, 1.165) is 18.2 Å². The topological polar surface area (TPSA) is 26.3 Å². The average molecular weight is 237 g/mol. The van der Waals surface area contributed by atoms with Gasteiger partial charge >= 0.3 is 5.97 Å². The SMILES string of the molecule is CCCC(CBr)CC(=O)OCC. The minimum absolute atomic E-state index is 0.0737. The number of alkyl halides is 1. The summed E-state index contributed by atoms with van der Waals surface area (Å²) in [4.78, 5) is 11.0. The third-order valence-electron chi connectivity index (χ3n) is 1.68. The first kappa shape index (κ1) is 11.9. The Morgan fingerprint density at radius 3 is 2.58 bits per heavy atom. The number of rotatable bonds is 6. The summed E-state index contributed by atoms with van der Waals surface area (Å²) in [6.07, 6.45) is 2.76. The number of halogens is 1. The Hall–Kier alpha value is -0.0500. The second-order valence-electron chi connectivity index (χ2n) is 2.82. The fourth-order valence-electron chi connectivity index (χ4n) is 1.10. The molecule has 0 radical (unpaired) electrons. The van der Waals surface area contributed by atoms with Crippen LogP contribution in [0, 0.1) is 5.92 Å². The predicted octanol–water partition coefficient (Wildman–Crippen LogP) is 2.75. The van der Waals surface area contributed by atoms with Crippen LogP contribution in [0.3, 0.4) is 0 Å². The number of hydrogen-bond donors (Lipinski definition) is 0. The molecule has 0 bridgehead atoms. The van der Waals surface area contributed by atoms with Crippen molar-refractivity contribution < 1.29 is 9.53 Å². The van der Waals surface area contributed by atoms with Crippen LogP contribution in [0.1, 0.15) is 33.1 Å². The second kappa shape index (κ2) is 7.59. The van der Waals surface area contributed by atoms with E-state index in [9.17, 15) is 4.79 Å². The molecule has 0 aliphatic rings. The van der Waals surface area contributed by atoms with E-state index in [-0.39, 0.29) is 5.97 Å². The van der Waals surface area contributed by atoms with Crippen molar-refractivity contribution >= 4 is 21.9 Å². The van der Waals surface area contributed by atoms with Crippen LogP contribution in [-0.2, 0) is 9.53 Å². The molecule has 1 atom stereocenters. The van der Waals surface area contributed by atoms with Gasteiger partial charge in [-0.25, -0.2) is 0 Å². The van der Waals surface area contributed by atoms with Gasteiger partial charge in [-0.15, -0.1) is 0 Å². The fourth-order valence-corrected chi connectivity index (χ4v) is 1.65. The van der Waals surface area contributed by atoms with Gasteiger partial charge in [0.2, 0.25) is 0 Å². The van der Waals surface area contributed by atoms with Gasteiger partial charge < -0.3 is 4.74 Å². The zero-order valence-corrected chi connectivity index (χ0v) is 9.39. The van der Waals surface area contributed by atoms with Gasteiger partial charge in [0.05, 0.1) is 6.61 Å². The van der Waals surface area contributed by atoms with Gasteiger partial charge in [-0.3, -0.25) is 4.79 Å². The summed E-state index contributed by atoms with van der Waals surface area (Å²) >= 11 is 3.39. The van der Waals surface area contributed by atoms with Crippen molar-refractivity contribution in [2.24, 2.45) is 5.92 Å². The van der Waals surface area contributed by atoms with Crippen LogP contribution in [0.4, 0.5) is 0 Å². The highest BCUT2D eigenvalue weighted by Crippen LogP contribution is 2.14. The molecular weight excluding hydrogens is 220 g/mol. The lowest BCUT2D eigenvalue weighted by molar-refractivity contribution is -0.144. The molecule has 0 N–H and O–H groups in total. The first-order valence-corrected chi connectivity index (χ1v) is 5.58. The molecular formula is C9H17BrO2. The third-order valence-corrected chi connectivity index (χ3v) is 2.59. The average Bonchev–Trinajstić information content (AvgIpc) is 2.04. The summed E-state index contributed by atoms with van der Waals surface area (Å²) < 4.78 is 4.86. The van der Waals surface area contributed by atoms with Crippen LogP contribution < -0.4 is 0 Å². The van der Waals surface area contributed by atoms with Crippen molar-refractivity contribution in [1.82, 2.24) is 0 Å². The smallest absolute Gasteiger partial charge is 0.306 e. The summed E-state index contributed by atoms with van der Waals surface area (Å²) in [5.41, 5.74) is 0. The lowest BCUT2D eigenvalue weighted by Gasteiger charge is -2.10. The molecule has 0 spiro atoms. The van der Waals surface area contributed by atoms with E-state index in [1.807, 2.05) is 6.92 Å². The minimum atomic E-state index is -0.0737. The molecule has 1 unspecified atom stereocenters. The molecule has 0 heterocycles. The Kier molecular flexibility index (Phi) is 7.56. The van der Waals surface area contributed by atoms with E-state index in [1.165, 1.54) is 0 Å². The molecule has 12 heavy (non-hydrogen) atoms. The van der Waals surface area contributed by atoms with Crippen LogP contribution in [0.25, 0.3) is 0 Å². The van der Waals surface area contributed by atoms with Gasteiger partial charge in [0.15, 0.2) is 0 Å². The molecule has 72 valence electrons. The van der Waals surface area contributed by atoms with Crippen molar-refractivity contribution in [3.05, 3.63) is 0 Å². The van der Waals surface area contributed by atoms with Gasteiger partial charge in [-0.2, -0.15) is 0 Å². The maximum absolute atomic E-state index is 11.0. The molecule has 0 amide bonds. The lowest BCUT2D eigenvalue weighted by atomic mass is 10.0. The Morgan fingerprint density at radius 1 is 1.50 bits per heavy atom. The Labute approximate surface area is 82.8 Å². The maximum atomic E-state index is 11.0. The summed E-state index contributed by atoms with van der Waals surface area (Å²) in [5.74, 6) is 0.365. The van der Waals surface area contributed by atoms with Crippen LogP contribution in [0.15, 0.2) is 0 Å².